The summed E-state index contributed by atoms with van der Waals surface area (Å²) in [4.78, 5) is 9.74. The lowest BCUT2D eigenvalue weighted by Crippen LogP contribution is -2.13. The molecule has 6 heteroatoms. The van der Waals surface area contributed by atoms with Crippen molar-refractivity contribution < 1.29 is 14.4 Å². The zero-order valence-corrected chi connectivity index (χ0v) is 10.0. The molecule has 0 bridgehead atoms. The molecule has 1 aromatic rings. The summed E-state index contributed by atoms with van der Waals surface area (Å²) < 4.78 is 13.2. The zero-order chi connectivity index (χ0) is 13.9. The van der Waals surface area contributed by atoms with Crippen LogP contribution in [0.15, 0.2) is 12.1 Å². The van der Waals surface area contributed by atoms with Gasteiger partial charge in [-0.05, 0) is 13.8 Å². The highest BCUT2D eigenvalue weighted by atomic mass is 19.1. The molecule has 0 spiro atoms. The summed E-state index contributed by atoms with van der Waals surface area (Å²) in [6.45, 7) is 3.24. The van der Waals surface area contributed by atoms with Gasteiger partial charge in [-0.15, -0.1) is 0 Å². The summed E-state index contributed by atoms with van der Waals surface area (Å²) in [5.74, 6) is 4.35. The van der Waals surface area contributed by atoms with E-state index < -0.39 is 21.8 Å². The molecule has 1 aromatic carbocycles. The van der Waals surface area contributed by atoms with Gasteiger partial charge in [-0.2, -0.15) is 4.39 Å². The molecule has 0 aliphatic heterocycles. The summed E-state index contributed by atoms with van der Waals surface area (Å²) in [6.07, 6.45) is 0. The second kappa shape index (κ2) is 5.02. The van der Waals surface area contributed by atoms with E-state index in [2.05, 4.69) is 11.8 Å². The van der Waals surface area contributed by atoms with Gasteiger partial charge in [0.15, 0.2) is 0 Å². The number of nitrogen functional groups attached to an aromatic ring is 1. The average molecular weight is 252 g/mol. The van der Waals surface area contributed by atoms with Crippen LogP contribution < -0.4 is 5.73 Å². The molecule has 0 unspecified atom stereocenters. The highest BCUT2D eigenvalue weighted by Gasteiger charge is 2.17. The maximum Gasteiger partial charge on any atom is 0.306 e. The van der Waals surface area contributed by atoms with Crippen molar-refractivity contribution in [2.45, 2.75) is 13.8 Å². The maximum absolute atomic E-state index is 13.2. The lowest BCUT2D eigenvalue weighted by Gasteiger charge is -2.12. The number of nitrogens with zero attached hydrogens (tertiary/aromatic N) is 1. The Morgan fingerprint density at radius 1 is 1.56 bits per heavy atom. The van der Waals surface area contributed by atoms with E-state index in [1.165, 1.54) is 0 Å². The Kier molecular flexibility index (Phi) is 3.89. The monoisotopic (exact) mass is 252 g/mol. The first kappa shape index (κ1) is 13.9. The van der Waals surface area contributed by atoms with E-state index in [4.69, 9.17) is 10.8 Å². The fourth-order valence-corrected chi connectivity index (χ4v) is 1.10. The Hall–Kier alpha value is -2.13. The van der Waals surface area contributed by atoms with Crippen LogP contribution in [0.4, 0.5) is 15.8 Å². The first-order valence-corrected chi connectivity index (χ1v) is 5.14. The highest BCUT2D eigenvalue weighted by molar-refractivity contribution is 5.60. The van der Waals surface area contributed by atoms with Crippen LogP contribution in [-0.2, 0) is 0 Å². The summed E-state index contributed by atoms with van der Waals surface area (Å²) in [6, 6.07) is 1.86. The van der Waals surface area contributed by atoms with E-state index >= 15 is 0 Å². The van der Waals surface area contributed by atoms with Crippen LogP contribution in [0.25, 0.3) is 0 Å². The van der Waals surface area contributed by atoms with Crippen molar-refractivity contribution in [2.75, 3.05) is 12.3 Å². The number of nitrogens with two attached hydrogens (primary N) is 1. The molecule has 18 heavy (non-hydrogen) atoms. The molecular formula is C12H13FN2O3. The molecule has 5 nitrogen and oxygen atoms in total. The minimum absolute atomic E-state index is 0.0272. The molecular weight excluding hydrogens is 239 g/mol. The number of halogens is 1. The molecule has 3 N–H and O–H groups in total. The van der Waals surface area contributed by atoms with Gasteiger partial charge < -0.3 is 10.8 Å². The number of benzene rings is 1. The minimum atomic E-state index is -0.996. The molecule has 0 saturated carbocycles. The Morgan fingerprint density at radius 2 is 2.17 bits per heavy atom. The van der Waals surface area contributed by atoms with Gasteiger partial charge in [-0.1, -0.05) is 11.8 Å². The predicted molar refractivity (Wildman–Crippen MR) is 65.2 cm³/mol. The maximum atomic E-state index is 13.2. The van der Waals surface area contributed by atoms with Crippen molar-refractivity contribution in [2.24, 2.45) is 5.41 Å². The van der Waals surface area contributed by atoms with E-state index in [0.717, 1.165) is 12.1 Å². The van der Waals surface area contributed by atoms with Crippen LogP contribution in [0.1, 0.15) is 19.4 Å². The van der Waals surface area contributed by atoms with Crippen molar-refractivity contribution in [3.8, 4) is 11.8 Å². The van der Waals surface area contributed by atoms with Crippen LogP contribution in [-0.4, -0.2) is 16.6 Å². The molecule has 0 fully saturated rings. The summed E-state index contributed by atoms with van der Waals surface area (Å²) >= 11 is 0. The first-order chi connectivity index (χ1) is 8.26. The van der Waals surface area contributed by atoms with Gasteiger partial charge in [-0.25, -0.2) is 0 Å². The van der Waals surface area contributed by atoms with Crippen LogP contribution in [0.3, 0.4) is 0 Å². The molecule has 0 aliphatic rings. The van der Waals surface area contributed by atoms with Gasteiger partial charge in [0, 0.05) is 17.5 Å². The van der Waals surface area contributed by atoms with E-state index in [1.54, 1.807) is 13.8 Å². The van der Waals surface area contributed by atoms with Gasteiger partial charge in [0.05, 0.1) is 22.8 Å². The number of aliphatic hydroxyl groups is 1. The smallest absolute Gasteiger partial charge is 0.306 e. The number of nitro groups is 1. The number of aliphatic hydroxyl groups excluding tert-OH is 1. The SMILES string of the molecule is CC(C)(C#Cc1cc([N+](=O)[O-])c(F)cc1N)CO. The second-order valence-electron chi connectivity index (χ2n) is 4.44. The number of nitro benzene ring substituents is 1. The molecule has 0 aliphatic carbocycles. The highest BCUT2D eigenvalue weighted by Crippen LogP contribution is 2.23. The fraction of sp³-hybridized carbons (Fsp3) is 0.333. The first-order valence-electron chi connectivity index (χ1n) is 5.14. The summed E-state index contributed by atoms with van der Waals surface area (Å²) in [5, 5.41) is 19.6. The predicted octanol–water partition coefficient (Wildman–Crippen LogP) is 1.69. The number of hydrogen-bond acceptors (Lipinski definition) is 4. The van der Waals surface area contributed by atoms with E-state index in [1.807, 2.05) is 0 Å². The van der Waals surface area contributed by atoms with Crippen LogP contribution in [0.5, 0.6) is 0 Å². The van der Waals surface area contributed by atoms with Crippen LogP contribution in [0, 0.1) is 33.2 Å². The summed E-state index contributed by atoms with van der Waals surface area (Å²) in [5.41, 5.74) is 4.40. The third-order valence-corrected chi connectivity index (χ3v) is 2.25. The van der Waals surface area contributed by atoms with E-state index in [-0.39, 0.29) is 17.9 Å². The standard InChI is InChI=1S/C12H13FN2O3/c1-12(2,7-16)4-3-8-5-11(15(17)18)9(13)6-10(8)14/h5-6,16H,7,14H2,1-2H3. The lowest BCUT2D eigenvalue weighted by molar-refractivity contribution is -0.387. The van der Waals surface area contributed by atoms with Crippen molar-refractivity contribution in [1.29, 1.82) is 0 Å². The van der Waals surface area contributed by atoms with Gasteiger partial charge in [0.1, 0.15) is 0 Å². The fourth-order valence-electron chi connectivity index (χ4n) is 1.10. The van der Waals surface area contributed by atoms with Gasteiger partial charge in [0.25, 0.3) is 0 Å². The van der Waals surface area contributed by atoms with Crippen molar-refractivity contribution >= 4 is 11.4 Å². The summed E-state index contributed by atoms with van der Waals surface area (Å²) in [7, 11) is 0. The molecule has 0 radical (unpaired) electrons. The third-order valence-electron chi connectivity index (χ3n) is 2.25. The molecule has 0 heterocycles. The molecule has 0 aromatic heterocycles. The van der Waals surface area contributed by atoms with Crippen LogP contribution >= 0.6 is 0 Å². The van der Waals surface area contributed by atoms with Gasteiger partial charge in [0.2, 0.25) is 5.82 Å². The van der Waals surface area contributed by atoms with Crippen LogP contribution in [0.2, 0.25) is 0 Å². The quantitative estimate of drug-likeness (QED) is 0.363. The molecule has 1 rings (SSSR count). The van der Waals surface area contributed by atoms with Crippen molar-refractivity contribution in [3.63, 3.8) is 0 Å². The van der Waals surface area contributed by atoms with E-state index in [9.17, 15) is 14.5 Å². The molecule has 0 atom stereocenters. The molecule has 96 valence electrons. The number of hydrogen-bond donors (Lipinski definition) is 2. The molecule has 0 amide bonds. The zero-order valence-electron chi connectivity index (χ0n) is 10.0. The Labute approximate surface area is 104 Å². The van der Waals surface area contributed by atoms with Crippen molar-refractivity contribution in [3.05, 3.63) is 33.6 Å². The third kappa shape index (κ3) is 3.18. The average Bonchev–Trinajstić information content (AvgIpc) is 2.27. The van der Waals surface area contributed by atoms with E-state index in [0.29, 0.717) is 0 Å². The molecule has 0 saturated heterocycles. The lowest BCUT2D eigenvalue weighted by atomic mass is 9.95. The number of rotatable bonds is 2. The Morgan fingerprint density at radius 3 is 2.67 bits per heavy atom. The van der Waals surface area contributed by atoms with Gasteiger partial charge in [-0.3, -0.25) is 10.1 Å². The minimum Gasteiger partial charge on any atom is -0.398 e. The Balaban J connectivity index is 3.26. The Bertz CT molecular complexity index is 544. The topological polar surface area (TPSA) is 89.4 Å². The van der Waals surface area contributed by atoms with Gasteiger partial charge >= 0.3 is 5.69 Å². The second-order valence-corrected chi connectivity index (χ2v) is 4.44. The number of anilines is 1. The largest absolute Gasteiger partial charge is 0.398 e. The normalized spacial score (nSPS) is 10.7. The van der Waals surface area contributed by atoms with Crippen molar-refractivity contribution in [1.82, 2.24) is 0 Å².